The molecule has 5 heteroatoms. The molecule has 0 atom stereocenters. The first-order valence-corrected chi connectivity index (χ1v) is 7.38. The number of pyridine rings is 1. The lowest BCUT2D eigenvalue weighted by atomic mass is 10.2. The highest BCUT2D eigenvalue weighted by Gasteiger charge is 2.09. The number of hydrogen-bond donors (Lipinski definition) is 1. The first kappa shape index (κ1) is 14.2. The van der Waals surface area contributed by atoms with E-state index in [0.717, 1.165) is 21.1 Å². The van der Waals surface area contributed by atoms with Crippen LogP contribution in [-0.2, 0) is 6.42 Å². The molecule has 2 rings (SSSR count). The smallest absolute Gasteiger partial charge is 0.252 e. The summed E-state index contributed by atoms with van der Waals surface area (Å²) < 4.78 is 1.66. The maximum absolute atomic E-state index is 12.0. The van der Waals surface area contributed by atoms with Crippen molar-refractivity contribution < 1.29 is 4.79 Å². The Morgan fingerprint density at radius 3 is 2.79 bits per heavy atom. The van der Waals surface area contributed by atoms with Crippen LogP contribution in [-0.4, -0.2) is 17.4 Å². The molecule has 0 radical (unpaired) electrons. The molecule has 0 spiro atoms. The van der Waals surface area contributed by atoms with Crippen molar-refractivity contribution in [2.45, 2.75) is 6.42 Å². The number of carbonyl (C=O) groups is 1. The number of nitrogens with zero attached hydrogens (tertiary/aromatic N) is 1. The van der Waals surface area contributed by atoms with Crippen molar-refractivity contribution in [3.8, 4) is 0 Å². The van der Waals surface area contributed by atoms with Gasteiger partial charge in [-0.15, -0.1) is 0 Å². The van der Waals surface area contributed by atoms with Crippen LogP contribution >= 0.6 is 31.9 Å². The molecule has 0 aliphatic rings. The Balaban J connectivity index is 1.93. The Morgan fingerprint density at radius 1 is 1.21 bits per heavy atom. The summed E-state index contributed by atoms with van der Waals surface area (Å²) >= 11 is 6.73. The van der Waals surface area contributed by atoms with Crippen LogP contribution in [0.2, 0.25) is 0 Å². The minimum absolute atomic E-state index is 0.0934. The SMILES string of the molecule is O=C(NCCc1ccccn1)c1cc(Br)ccc1Br. The molecule has 3 nitrogen and oxygen atoms in total. The summed E-state index contributed by atoms with van der Waals surface area (Å²) in [4.78, 5) is 16.2. The number of halogens is 2. The van der Waals surface area contributed by atoms with Gasteiger partial charge in [0.1, 0.15) is 0 Å². The summed E-state index contributed by atoms with van der Waals surface area (Å²) in [5, 5.41) is 2.89. The summed E-state index contributed by atoms with van der Waals surface area (Å²) in [6, 6.07) is 11.3. The Bertz CT molecular complexity index is 573. The van der Waals surface area contributed by atoms with Gasteiger partial charge in [0.15, 0.2) is 0 Å². The van der Waals surface area contributed by atoms with Crippen LogP contribution in [0.3, 0.4) is 0 Å². The summed E-state index contributed by atoms with van der Waals surface area (Å²) in [6.07, 6.45) is 2.47. The van der Waals surface area contributed by atoms with Crippen molar-refractivity contribution in [1.29, 1.82) is 0 Å². The number of rotatable bonds is 4. The Labute approximate surface area is 128 Å². The monoisotopic (exact) mass is 382 g/mol. The van der Waals surface area contributed by atoms with Crippen LogP contribution in [0.4, 0.5) is 0 Å². The van der Waals surface area contributed by atoms with E-state index in [4.69, 9.17) is 0 Å². The van der Waals surface area contributed by atoms with Crippen LogP contribution < -0.4 is 5.32 Å². The van der Waals surface area contributed by atoms with E-state index in [1.807, 2.05) is 30.3 Å². The van der Waals surface area contributed by atoms with E-state index in [9.17, 15) is 4.79 Å². The van der Waals surface area contributed by atoms with Gasteiger partial charge in [0.05, 0.1) is 5.56 Å². The van der Waals surface area contributed by atoms with Crippen molar-refractivity contribution in [3.63, 3.8) is 0 Å². The predicted octanol–water partition coefficient (Wildman–Crippen LogP) is 3.58. The summed E-state index contributed by atoms with van der Waals surface area (Å²) in [6.45, 7) is 0.564. The number of aromatic nitrogens is 1. The van der Waals surface area contributed by atoms with Crippen LogP contribution in [0.5, 0.6) is 0 Å². The molecule has 1 amide bonds. The molecule has 1 aromatic carbocycles. The maximum Gasteiger partial charge on any atom is 0.252 e. The molecule has 2 aromatic rings. The highest BCUT2D eigenvalue weighted by Crippen LogP contribution is 2.21. The normalized spacial score (nSPS) is 10.2. The topological polar surface area (TPSA) is 42.0 Å². The van der Waals surface area contributed by atoms with E-state index < -0.39 is 0 Å². The fraction of sp³-hybridized carbons (Fsp3) is 0.143. The molecule has 1 aromatic heterocycles. The van der Waals surface area contributed by atoms with Gasteiger partial charge in [0.25, 0.3) is 5.91 Å². The van der Waals surface area contributed by atoms with Crippen molar-refractivity contribution in [2.75, 3.05) is 6.54 Å². The van der Waals surface area contributed by atoms with Crippen LogP contribution in [0.25, 0.3) is 0 Å². The molecular formula is C14H12Br2N2O. The van der Waals surface area contributed by atoms with Gasteiger partial charge in [-0.1, -0.05) is 22.0 Å². The van der Waals surface area contributed by atoms with Gasteiger partial charge in [-0.05, 0) is 46.3 Å². The van der Waals surface area contributed by atoms with E-state index in [0.29, 0.717) is 12.1 Å². The number of amides is 1. The molecule has 0 saturated heterocycles. The van der Waals surface area contributed by atoms with E-state index >= 15 is 0 Å². The zero-order chi connectivity index (χ0) is 13.7. The third-order valence-electron chi connectivity index (χ3n) is 2.57. The van der Waals surface area contributed by atoms with Crippen molar-refractivity contribution >= 4 is 37.8 Å². The fourth-order valence-corrected chi connectivity index (χ4v) is 2.40. The highest BCUT2D eigenvalue weighted by molar-refractivity contribution is 9.11. The molecule has 0 bridgehead atoms. The lowest BCUT2D eigenvalue weighted by Gasteiger charge is -2.07. The molecule has 0 aliphatic heterocycles. The standard InChI is InChI=1S/C14H12Br2N2O/c15-10-4-5-13(16)12(9-10)14(19)18-8-6-11-3-1-2-7-17-11/h1-5,7,9H,6,8H2,(H,18,19). The maximum atomic E-state index is 12.0. The van der Waals surface area contributed by atoms with E-state index in [1.165, 1.54) is 0 Å². The zero-order valence-corrected chi connectivity index (χ0v) is 13.2. The van der Waals surface area contributed by atoms with Crippen LogP contribution in [0.15, 0.2) is 51.5 Å². The Hall–Kier alpha value is -1.20. The van der Waals surface area contributed by atoms with Gasteiger partial charge >= 0.3 is 0 Å². The number of nitrogens with one attached hydrogen (secondary N) is 1. The molecule has 1 heterocycles. The second-order valence-electron chi connectivity index (χ2n) is 3.95. The molecular weight excluding hydrogens is 372 g/mol. The average molecular weight is 384 g/mol. The first-order chi connectivity index (χ1) is 9.16. The van der Waals surface area contributed by atoms with E-state index in [1.54, 1.807) is 12.3 Å². The molecule has 0 aliphatic carbocycles. The van der Waals surface area contributed by atoms with Gasteiger partial charge in [0, 0.05) is 33.8 Å². The number of benzene rings is 1. The van der Waals surface area contributed by atoms with Crippen LogP contribution in [0, 0.1) is 0 Å². The minimum atomic E-state index is -0.0934. The van der Waals surface area contributed by atoms with E-state index in [2.05, 4.69) is 42.2 Å². The largest absolute Gasteiger partial charge is 0.352 e. The third kappa shape index (κ3) is 4.14. The second kappa shape index (κ2) is 6.82. The minimum Gasteiger partial charge on any atom is -0.352 e. The summed E-state index contributed by atoms with van der Waals surface area (Å²) in [7, 11) is 0. The van der Waals surface area contributed by atoms with E-state index in [-0.39, 0.29) is 5.91 Å². The highest BCUT2D eigenvalue weighted by atomic mass is 79.9. The molecule has 1 N–H and O–H groups in total. The fourth-order valence-electron chi connectivity index (χ4n) is 1.62. The van der Waals surface area contributed by atoms with Crippen molar-refractivity contribution in [3.05, 3.63) is 62.8 Å². The summed E-state index contributed by atoms with van der Waals surface area (Å²) in [5.41, 5.74) is 1.59. The van der Waals surface area contributed by atoms with Gasteiger partial charge in [-0.25, -0.2) is 0 Å². The van der Waals surface area contributed by atoms with Gasteiger partial charge in [-0.2, -0.15) is 0 Å². The molecule has 98 valence electrons. The van der Waals surface area contributed by atoms with Crippen molar-refractivity contribution in [1.82, 2.24) is 10.3 Å². The van der Waals surface area contributed by atoms with Crippen molar-refractivity contribution in [2.24, 2.45) is 0 Å². The number of hydrogen-bond acceptors (Lipinski definition) is 2. The average Bonchev–Trinajstić information content (AvgIpc) is 2.42. The Morgan fingerprint density at radius 2 is 2.05 bits per heavy atom. The quantitative estimate of drug-likeness (QED) is 0.876. The number of carbonyl (C=O) groups excluding carboxylic acids is 1. The van der Waals surface area contributed by atoms with Crippen LogP contribution in [0.1, 0.15) is 16.1 Å². The molecule has 19 heavy (non-hydrogen) atoms. The van der Waals surface area contributed by atoms with Gasteiger partial charge in [0.2, 0.25) is 0 Å². The summed E-state index contributed by atoms with van der Waals surface area (Å²) in [5.74, 6) is -0.0934. The zero-order valence-electron chi connectivity index (χ0n) is 10.1. The first-order valence-electron chi connectivity index (χ1n) is 5.80. The van der Waals surface area contributed by atoms with Gasteiger partial charge < -0.3 is 5.32 Å². The van der Waals surface area contributed by atoms with Gasteiger partial charge in [-0.3, -0.25) is 9.78 Å². The predicted molar refractivity (Wildman–Crippen MR) is 82.1 cm³/mol. The molecule has 0 fully saturated rings. The Kier molecular flexibility index (Phi) is 5.10. The lowest BCUT2D eigenvalue weighted by Crippen LogP contribution is -2.26. The third-order valence-corrected chi connectivity index (χ3v) is 3.75. The second-order valence-corrected chi connectivity index (χ2v) is 5.72. The molecule has 0 unspecified atom stereocenters. The molecule has 0 saturated carbocycles. The lowest BCUT2D eigenvalue weighted by molar-refractivity contribution is 0.0953.